The second-order valence-electron chi connectivity index (χ2n) is 3.86. The van der Waals surface area contributed by atoms with Crippen LogP contribution < -0.4 is 5.73 Å². The second kappa shape index (κ2) is 5.61. The molecule has 1 aliphatic rings. The van der Waals surface area contributed by atoms with E-state index in [1.165, 1.54) is 4.90 Å². The van der Waals surface area contributed by atoms with Gasteiger partial charge < -0.3 is 10.6 Å². The Morgan fingerprint density at radius 3 is 2.47 bits per heavy atom. The lowest BCUT2D eigenvalue weighted by molar-refractivity contribution is -0.158. The maximum absolute atomic E-state index is 12.5. The number of amides is 1. The fourth-order valence-electron chi connectivity index (χ4n) is 1.59. The molecule has 1 rings (SSSR count). The molecule has 0 aliphatic heterocycles. The second-order valence-corrected chi connectivity index (χ2v) is 3.86. The number of nitrogens with two attached hydrogens (primary N) is 1. The molecular formula is C9H17ClF2N2O. The molecule has 1 aliphatic carbocycles. The Morgan fingerprint density at radius 2 is 2.07 bits per heavy atom. The minimum Gasteiger partial charge on any atom is -0.345 e. The Balaban J connectivity index is 0.00000196. The molecule has 0 aromatic rings. The standard InChI is InChI=1S/C9H16F2N2O.ClH/c1-13(4-2-3-12)8(14)7-5-9(10,11)6-7;/h7H,2-6,12H2,1H3;1H. The number of nitrogens with zero attached hydrogens (tertiary/aromatic N) is 1. The lowest BCUT2D eigenvalue weighted by atomic mass is 9.80. The van der Waals surface area contributed by atoms with Crippen molar-refractivity contribution >= 4 is 18.3 Å². The van der Waals surface area contributed by atoms with Gasteiger partial charge in [-0.15, -0.1) is 12.4 Å². The number of rotatable bonds is 4. The Labute approximate surface area is 94.4 Å². The summed E-state index contributed by atoms with van der Waals surface area (Å²) in [5, 5.41) is 0. The van der Waals surface area contributed by atoms with E-state index in [0.29, 0.717) is 19.5 Å². The summed E-state index contributed by atoms with van der Waals surface area (Å²) in [4.78, 5) is 13.0. The van der Waals surface area contributed by atoms with Crippen LogP contribution in [0.1, 0.15) is 19.3 Å². The first kappa shape index (κ1) is 14.6. The first-order chi connectivity index (χ1) is 6.46. The van der Waals surface area contributed by atoms with Crippen molar-refractivity contribution in [2.75, 3.05) is 20.1 Å². The zero-order chi connectivity index (χ0) is 10.8. The maximum atomic E-state index is 12.5. The number of hydrogen-bond acceptors (Lipinski definition) is 2. The van der Waals surface area contributed by atoms with E-state index < -0.39 is 11.8 Å². The van der Waals surface area contributed by atoms with Crippen molar-refractivity contribution in [1.29, 1.82) is 0 Å². The summed E-state index contributed by atoms with van der Waals surface area (Å²) in [6, 6.07) is 0. The predicted molar refractivity (Wildman–Crippen MR) is 56.2 cm³/mol. The van der Waals surface area contributed by atoms with Gasteiger partial charge in [0.2, 0.25) is 11.8 Å². The topological polar surface area (TPSA) is 46.3 Å². The molecule has 1 amide bonds. The zero-order valence-corrected chi connectivity index (χ0v) is 9.53. The van der Waals surface area contributed by atoms with Gasteiger partial charge in [-0.05, 0) is 13.0 Å². The predicted octanol–water partition coefficient (Wildman–Crippen LogP) is 1.26. The van der Waals surface area contributed by atoms with Crippen LogP contribution in [0.2, 0.25) is 0 Å². The highest BCUT2D eigenvalue weighted by molar-refractivity contribution is 5.85. The van der Waals surface area contributed by atoms with Gasteiger partial charge in [0.15, 0.2) is 0 Å². The average Bonchev–Trinajstić information content (AvgIpc) is 2.08. The van der Waals surface area contributed by atoms with Crippen LogP contribution in [0.3, 0.4) is 0 Å². The molecule has 6 heteroatoms. The van der Waals surface area contributed by atoms with Gasteiger partial charge in [-0.25, -0.2) is 8.78 Å². The van der Waals surface area contributed by atoms with Gasteiger partial charge in [-0.1, -0.05) is 0 Å². The highest BCUT2D eigenvalue weighted by atomic mass is 35.5. The Kier molecular flexibility index (Phi) is 5.45. The smallest absolute Gasteiger partial charge is 0.249 e. The summed E-state index contributed by atoms with van der Waals surface area (Å²) in [5.74, 6) is -3.27. The maximum Gasteiger partial charge on any atom is 0.249 e. The van der Waals surface area contributed by atoms with E-state index in [9.17, 15) is 13.6 Å². The summed E-state index contributed by atoms with van der Waals surface area (Å²) < 4.78 is 24.9. The van der Waals surface area contributed by atoms with Crippen LogP contribution in [0.15, 0.2) is 0 Å². The number of alkyl halides is 2. The first-order valence-corrected chi connectivity index (χ1v) is 4.79. The van der Waals surface area contributed by atoms with Crippen molar-refractivity contribution in [2.45, 2.75) is 25.2 Å². The normalized spacial score (nSPS) is 18.9. The molecule has 0 heterocycles. The SMILES string of the molecule is CN(CCCN)C(=O)C1CC(F)(F)C1.Cl. The molecule has 0 radical (unpaired) electrons. The van der Waals surface area contributed by atoms with Crippen LogP contribution in [-0.2, 0) is 4.79 Å². The molecule has 1 saturated carbocycles. The van der Waals surface area contributed by atoms with E-state index in [1.54, 1.807) is 7.05 Å². The van der Waals surface area contributed by atoms with Crippen molar-refractivity contribution in [1.82, 2.24) is 4.90 Å². The summed E-state index contributed by atoms with van der Waals surface area (Å²) in [7, 11) is 1.63. The third-order valence-electron chi connectivity index (χ3n) is 2.51. The Bertz CT molecular complexity index is 218. The first-order valence-electron chi connectivity index (χ1n) is 4.79. The molecule has 0 spiro atoms. The van der Waals surface area contributed by atoms with E-state index >= 15 is 0 Å². The van der Waals surface area contributed by atoms with Crippen LogP contribution in [0.4, 0.5) is 8.78 Å². The summed E-state index contributed by atoms with van der Waals surface area (Å²) in [5.41, 5.74) is 5.28. The molecule has 0 aromatic heterocycles. The third-order valence-corrected chi connectivity index (χ3v) is 2.51. The molecule has 15 heavy (non-hydrogen) atoms. The van der Waals surface area contributed by atoms with Crippen molar-refractivity contribution in [3.63, 3.8) is 0 Å². The Hall–Kier alpha value is -0.420. The Morgan fingerprint density at radius 1 is 1.53 bits per heavy atom. The number of carbonyl (C=O) groups is 1. The minimum absolute atomic E-state index is 0. The molecular weight excluding hydrogens is 226 g/mol. The molecule has 3 nitrogen and oxygen atoms in total. The molecule has 0 saturated heterocycles. The van der Waals surface area contributed by atoms with Crippen molar-refractivity contribution in [3.8, 4) is 0 Å². The summed E-state index contributed by atoms with van der Waals surface area (Å²) >= 11 is 0. The molecule has 0 aromatic carbocycles. The van der Waals surface area contributed by atoms with Gasteiger partial charge in [-0.2, -0.15) is 0 Å². The van der Waals surface area contributed by atoms with Gasteiger partial charge in [0, 0.05) is 32.4 Å². The van der Waals surface area contributed by atoms with Gasteiger partial charge >= 0.3 is 0 Å². The van der Waals surface area contributed by atoms with E-state index in [4.69, 9.17) is 5.73 Å². The lowest BCUT2D eigenvalue weighted by Crippen LogP contribution is -2.46. The molecule has 0 atom stereocenters. The fraction of sp³-hybridized carbons (Fsp3) is 0.889. The monoisotopic (exact) mass is 242 g/mol. The van der Waals surface area contributed by atoms with Crippen LogP contribution in [0.5, 0.6) is 0 Å². The molecule has 1 fully saturated rings. The summed E-state index contributed by atoms with van der Waals surface area (Å²) in [6.45, 7) is 1.07. The lowest BCUT2D eigenvalue weighted by Gasteiger charge is -2.36. The van der Waals surface area contributed by atoms with E-state index in [1.807, 2.05) is 0 Å². The quantitative estimate of drug-likeness (QED) is 0.807. The van der Waals surface area contributed by atoms with Crippen LogP contribution in [-0.4, -0.2) is 36.9 Å². The van der Waals surface area contributed by atoms with Gasteiger partial charge in [0.25, 0.3) is 0 Å². The highest BCUT2D eigenvalue weighted by Crippen LogP contribution is 2.42. The minimum atomic E-state index is -2.62. The van der Waals surface area contributed by atoms with Crippen LogP contribution in [0.25, 0.3) is 0 Å². The van der Waals surface area contributed by atoms with E-state index in [-0.39, 0.29) is 31.2 Å². The largest absolute Gasteiger partial charge is 0.345 e. The van der Waals surface area contributed by atoms with Gasteiger partial charge in [-0.3, -0.25) is 4.79 Å². The van der Waals surface area contributed by atoms with Crippen LogP contribution in [0, 0.1) is 5.92 Å². The highest BCUT2D eigenvalue weighted by Gasteiger charge is 2.49. The number of halogens is 3. The van der Waals surface area contributed by atoms with Gasteiger partial charge in [0.05, 0.1) is 0 Å². The fourth-order valence-corrected chi connectivity index (χ4v) is 1.59. The molecule has 2 N–H and O–H groups in total. The number of hydrogen-bond donors (Lipinski definition) is 1. The van der Waals surface area contributed by atoms with E-state index in [0.717, 1.165) is 0 Å². The van der Waals surface area contributed by atoms with Crippen molar-refractivity contribution in [2.24, 2.45) is 11.7 Å². The van der Waals surface area contributed by atoms with Crippen molar-refractivity contribution in [3.05, 3.63) is 0 Å². The van der Waals surface area contributed by atoms with Crippen LogP contribution >= 0.6 is 12.4 Å². The third kappa shape index (κ3) is 3.91. The average molecular weight is 243 g/mol. The molecule has 90 valence electrons. The summed E-state index contributed by atoms with van der Waals surface area (Å²) in [6.07, 6.45) is 0.128. The van der Waals surface area contributed by atoms with Crippen molar-refractivity contribution < 1.29 is 13.6 Å². The van der Waals surface area contributed by atoms with E-state index in [2.05, 4.69) is 0 Å². The molecule has 0 unspecified atom stereocenters. The number of carbonyl (C=O) groups excluding carboxylic acids is 1. The zero-order valence-electron chi connectivity index (χ0n) is 8.71. The molecule has 0 bridgehead atoms. The van der Waals surface area contributed by atoms with Gasteiger partial charge in [0.1, 0.15) is 0 Å².